The van der Waals surface area contributed by atoms with Crippen LogP contribution in [0.3, 0.4) is 0 Å². The Labute approximate surface area is 173 Å². The minimum Gasteiger partial charge on any atom is -0.484 e. The lowest BCUT2D eigenvalue weighted by atomic mass is 10.2. The number of carbonyl (C=O) groups is 1. The Morgan fingerprint density at radius 2 is 1.45 bits per heavy atom. The summed E-state index contributed by atoms with van der Waals surface area (Å²) in [4.78, 5) is 11.4. The monoisotopic (exact) mass is 470 g/mol. The van der Waals surface area contributed by atoms with Crippen molar-refractivity contribution >= 4 is 15.9 Å². The summed E-state index contributed by atoms with van der Waals surface area (Å²) in [6, 6.07) is 9.50. The highest BCUT2D eigenvalue weighted by Crippen LogP contribution is 2.19. The maximum atomic E-state index is 12.3. The number of ether oxygens (including phenoxy) is 1. The highest BCUT2D eigenvalue weighted by molar-refractivity contribution is 7.89. The van der Waals surface area contributed by atoms with Crippen LogP contribution < -0.4 is 14.8 Å². The Kier molecular flexibility index (Phi) is 7.54. The highest BCUT2D eigenvalue weighted by atomic mass is 32.2. The molecule has 0 aromatic heterocycles. The van der Waals surface area contributed by atoms with E-state index in [1.54, 1.807) is 5.32 Å². The van der Waals surface area contributed by atoms with Crippen LogP contribution in [0.25, 0.3) is 0 Å². The van der Waals surface area contributed by atoms with Crippen LogP contribution in [0, 0.1) is 0 Å². The summed E-state index contributed by atoms with van der Waals surface area (Å²) >= 11 is 0. The summed E-state index contributed by atoms with van der Waals surface area (Å²) in [5.41, 5.74) is 0.281. The van der Waals surface area contributed by atoms with Gasteiger partial charge in [0, 0.05) is 12.1 Å². The van der Waals surface area contributed by atoms with Gasteiger partial charge in [-0.25, -0.2) is 13.1 Å². The van der Waals surface area contributed by atoms with Crippen LogP contribution in [0.15, 0.2) is 53.4 Å². The van der Waals surface area contributed by atoms with Crippen molar-refractivity contribution in [1.82, 2.24) is 10.0 Å². The van der Waals surface area contributed by atoms with Crippen molar-refractivity contribution in [2.45, 2.75) is 23.8 Å². The first kappa shape index (κ1) is 24.5. The molecule has 13 heteroatoms. The van der Waals surface area contributed by atoms with E-state index in [9.17, 15) is 39.6 Å². The molecule has 0 aliphatic rings. The molecule has 0 fully saturated rings. The molecule has 0 saturated heterocycles. The highest BCUT2D eigenvalue weighted by Gasteiger charge is 2.29. The molecular weight excluding hydrogens is 454 g/mol. The van der Waals surface area contributed by atoms with Crippen LogP contribution in [0.5, 0.6) is 5.75 Å². The van der Waals surface area contributed by atoms with E-state index in [1.807, 2.05) is 0 Å². The van der Waals surface area contributed by atoms with Crippen molar-refractivity contribution in [3.05, 3.63) is 59.7 Å². The molecule has 0 unspecified atom stereocenters. The smallest absolute Gasteiger partial charge is 0.422 e. The van der Waals surface area contributed by atoms with E-state index in [1.165, 1.54) is 24.3 Å². The van der Waals surface area contributed by atoms with E-state index in [0.717, 1.165) is 24.3 Å². The van der Waals surface area contributed by atoms with Gasteiger partial charge >= 0.3 is 12.4 Å². The average Bonchev–Trinajstić information content (AvgIpc) is 2.69. The number of carbonyl (C=O) groups excluding carboxylic acids is 1. The normalized spacial score (nSPS) is 12.5. The number of hydrogen-bond acceptors (Lipinski definition) is 4. The van der Waals surface area contributed by atoms with Gasteiger partial charge < -0.3 is 10.1 Å². The third-order valence-electron chi connectivity index (χ3n) is 3.67. The Morgan fingerprint density at radius 3 is 1.97 bits per heavy atom. The summed E-state index contributed by atoms with van der Waals surface area (Å²) in [6.07, 6.45) is -9.06. The van der Waals surface area contributed by atoms with Crippen LogP contribution in [0.4, 0.5) is 26.3 Å². The van der Waals surface area contributed by atoms with Crippen LogP contribution in [-0.2, 0) is 16.6 Å². The number of halogens is 6. The molecular formula is C18H16F6N2O4S. The first-order valence-corrected chi connectivity index (χ1v) is 9.97. The van der Waals surface area contributed by atoms with Gasteiger partial charge in [0.05, 0.1) is 4.90 Å². The number of amides is 1. The number of rotatable bonds is 8. The SMILES string of the molecule is O=C(NCC(F)(F)F)c1ccc(S(=O)(=O)NCc2ccc(OCC(F)(F)F)cc2)cc1. The number of nitrogens with one attached hydrogen (secondary N) is 2. The lowest BCUT2D eigenvalue weighted by Crippen LogP contribution is -2.33. The van der Waals surface area contributed by atoms with Gasteiger partial charge in [-0.2, -0.15) is 26.3 Å². The largest absolute Gasteiger partial charge is 0.484 e. The fourth-order valence-corrected chi connectivity index (χ4v) is 3.22. The summed E-state index contributed by atoms with van der Waals surface area (Å²) in [5.74, 6) is -1.05. The van der Waals surface area contributed by atoms with Gasteiger partial charge in [0.2, 0.25) is 10.0 Å². The number of alkyl halides is 6. The van der Waals surface area contributed by atoms with E-state index in [4.69, 9.17) is 0 Å². The molecule has 0 bridgehead atoms. The maximum Gasteiger partial charge on any atom is 0.422 e. The number of benzene rings is 2. The first-order chi connectivity index (χ1) is 14.3. The molecule has 0 saturated carbocycles. The quantitative estimate of drug-likeness (QED) is 0.580. The van der Waals surface area contributed by atoms with Gasteiger partial charge in [0.1, 0.15) is 12.3 Å². The summed E-state index contributed by atoms with van der Waals surface area (Å²) in [6.45, 7) is -3.16. The molecule has 0 radical (unpaired) electrons. The second-order valence-corrected chi connectivity index (χ2v) is 7.96. The van der Waals surface area contributed by atoms with E-state index < -0.39 is 41.4 Å². The fourth-order valence-electron chi connectivity index (χ4n) is 2.20. The van der Waals surface area contributed by atoms with Crippen molar-refractivity contribution in [2.75, 3.05) is 13.2 Å². The van der Waals surface area contributed by atoms with Gasteiger partial charge in [0.25, 0.3) is 5.91 Å². The van der Waals surface area contributed by atoms with E-state index >= 15 is 0 Å². The van der Waals surface area contributed by atoms with Crippen LogP contribution >= 0.6 is 0 Å². The minimum atomic E-state index is -4.58. The lowest BCUT2D eigenvalue weighted by molar-refractivity contribution is -0.153. The molecule has 0 aliphatic heterocycles. The molecule has 6 nitrogen and oxygen atoms in total. The van der Waals surface area contributed by atoms with E-state index in [2.05, 4.69) is 9.46 Å². The predicted molar refractivity (Wildman–Crippen MR) is 96.8 cm³/mol. The average molecular weight is 470 g/mol. The van der Waals surface area contributed by atoms with Crippen LogP contribution in [0.2, 0.25) is 0 Å². The molecule has 2 N–H and O–H groups in total. The molecule has 2 aromatic carbocycles. The second kappa shape index (κ2) is 9.56. The van der Waals surface area contributed by atoms with Crippen molar-refractivity contribution in [3.63, 3.8) is 0 Å². The number of hydrogen-bond donors (Lipinski definition) is 2. The zero-order valence-electron chi connectivity index (χ0n) is 15.5. The Hall–Kier alpha value is -2.80. The summed E-state index contributed by atoms with van der Waals surface area (Å²) in [7, 11) is -4.02. The number of sulfonamides is 1. The Morgan fingerprint density at radius 1 is 0.871 bits per heavy atom. The molecule has 2 rings (SSSR count). The standard InChI is InChI=1S/C18H16F6N2O4S/c19-17(20,21)10-25-16(27)13-3-7-15(8-4-13)31(28,29)26-9-12-1-5-14(6-2-12)30-11-18(22,23)24/h1-8,26H,9-11H2,(H,25,27). The van der Waals surface area contributed by atoms with Crippen molar-refractivity contribution in [3.8, 4) is 5.75 Å². The third kappa shape index (κ3) is 8.45. The maximum absolute atomic E-state index is 12.3. The zero-order chi connectivity index (χ0) is 23.3. The van der Waals surface area contributed by atoms with Crippen molar-refractivity contribution in [2.24, 2.45) is 0 Å². The van der Waals surface area contributed by atoms with Gasteiger partial charge in [-0.1, -0.05) is 12.1 Å². The van der Waals surface area contributed by atoms with Gasteiger partial charge in [-0.15, -0.1) is 0 Å². The molecule has 1 amide bonds. The topological polar surface area (TPSA) is 84.5 Å². The molecule has 0 atom stereocenters. The van der Waals surface area contributed by atoms with Crippen molar-refractivity contribution < 1.29 is 44.3 Å². The van der Waals surface area contributed by atoms with Gasteiger partial charge in [-0.3, -0.25) is 4.79 Å². The molecule has 0 heterocycles. The van der Waals surface area contributed by atoms with Crippen LogP contribution in [-0.4, -0.2) is 39.8 Å². The molecule has 31 heavy (non-hydrogen) atoms. The Balaban J connectivity index is 1.94. The van der Waals surface area contributed by atoms with E-state index in [0.29, 0.717) is 5.56 Å². The molecule has 0 aliphatic carbocycles. The Bertz CT molecular complexity index is 988. The minimum absolute atomic E-state index is 0.0386. The van der Waals surface area contributed by atoms with E-state index in [-0.39, 0.29) is 22.8 Å². The first-order valence-electron chi connectivity index (χ1n) is 8.48. The molecule has 0 spiro atoms. The third-order valence-corrected chi connectivity index (χ3v) is 5.09. The van der Waals surface area contributed by atoms with Gasteiger partial charge in [0.15, 0.2) is 6.61 Å². The summed E-state index contributed by atoms with van der Waals surface area (Å²) in [5, 5.41) is 1.66. The van der Waals surface area contributed by atoms with Crippen LogP contribution in [0.1, 0.15) is 15.9 Å². The second-order valence-electron chi connectivity index (χ2n) is 6.19. The summed E-state index contributed by atoms with van der Waals surface area (Å²) < 4.78 is 104. The lowest BCUT2D eigenvalue weighted by Gasteiger charge is -2.11. The van der Waals surface area contributed by atoms with Crippen molar-refractivity contribution in [1.29, 1.82) is 0 Å². The molecule has 2 aromatic rings. The predicted octanol–water partition coefficient (Wildman–Crippen LogP) is 3.40. The molecule has 170 valence electrons. The zero-order valence-corrected chi connectivity index (χ0v) is 16.4. The van der Waals surface area contributed by atoms with Gasteiger partial charge in [-0.05, 0) is 42.0 Å². The fraction of sp³-hybridized carbons (Fsp3) is 0.278.